The minimum Gasteiger partial charge on any atom is -0.493 e. The second-order valence-electron chi connectivity index (χ2n) is 9.98. The highest BCUT2D eigenvalue weighted by molar-refractivity contribution is 7.89. The van der Waals surface area contributed by atoms with Crippen LogP contribution in [0.25, 0.3) is 0 Å². The van der Waals surface area contributed by atoms with Gasteiger partial charge in [-0.1, -0.05) is 13.8 Å². The third-order valence-electron chi connectivity index (χ3n) is 6.82. The van der Waals surface area contributed by atoms with Crippen molar-refractivity contribution in [3.63, 3.8) is 0 Å². The number of sulfonamides is 1. The molecule has 0 aromatic heterocycles. The molecule has 11 heteroatoms. The molecule has 38 heavy (non-hydrogen) atoms. The van der Waals surface area contributed by atoms with Gasteiger partial charge in [0.2, 0.25) is 15.8 Å². The van der Waals surface area contributed by atoms with E-state index in [1.165, 1.54) is 33.5 Å². The second kappa shape index (κ2) is 9.70. The van der Waals surface area contributed by atoms with Crippen molar-refractivity contribution >= 4 is 21.5 Å². The molecule has 200 valence electrons. The maximum atomic E-state index is 13.8. The van der Waals surface area contributed by atoms with Crippen molar-refractivity contribution < 1.29 is 27.4 Å². The number of methoxy groups -OCH3 is 3. The standard InChI is InChI=1S/C27H30N4O6S/c1-27(2)12-19-24(20(32)13-27)23(15-10-21(35-3)25(37-5)22(11-15)36-4)18(14-28)26(29)31(19)16-6-8-17(9-7-16)38(30,33)34/h6-11,23H,12-13,29H2,1-5H3,(H2,30,33,34). The molecule has 2 aromatic rings. The molecular formula is C27H30N4O6S. The zero-order valence-electron chi connectivity index (χ0n) is 21.9. The maximum Gasteiger partial charge on any atom is 0.238 e. The van der Waals surface area contributed by atoms with Gasteiger partial charge >= 0.3 is 0 Å². The Kier molecular flexibility index (Phi) is 6.90. The van der Waals surface area contributed by atoms with Crippen molar-refractivity contribution in [2.45, 2.75) is 37.5 Å². The molecule has 1 atom stereocenters. The number of ether oxygens (including phenoxy) is 3. The van der Waals surface area contributed by atoms with E-state index in [2.05, 4.69) is 6.07 Å². The van der Waals surface area contributed by atoms with Crippen molar-refractivity contribution in [3.8, 4) is 23.3 Å². The molecule has 1 aliphatic heterocycles. The van der Waals surface area contributed by atoms with E-state index < -0.39 is 15.9 Å². The van der Waals surface area contributed by atoms with Crippen LogP contribution in [0.4, 0.5) is 5.69 Å². The van der Waals surface area contributed by atoms with E-state index in [0.717, 1.165) is 0 Å². The van der Waals surface area contributed by atoms with Crippen molar-refractivity contribution in [1.82, 2.24) is 0 Å². The van der Waals surface area contributed by atoms with Gasteiger partial charge in [-0.25, -0.2) is 13.6 Å². The number of anilines is 1. The average molecular weight is 539 g/mol. The summed E-state index contributed by atoms with van der Waals surface area (Å²) in [7, 11) is 0.562. The van der Waals surface area contributed by atoms with Crippen LogP contribution in [0.3, 0.4) is 0 Å². The van der Waals surface area contributed by atoms with Gasteiger partial charge in [0.1, 0.15) is 5.82 Å². The smallest absolute Gasteiger partial charge is 0.238 e. The largest absolute Gasteiger partial charge is 0.493 e. The number of carbonyl (C=O) groups excluding carboxylic acids is 1. The van der Waals surface area contributed by atoms with Crippen LogP contribution in [0.15, 0.2) is 64.0 Å². The highest BCUT2D eigenvalue weighted by Crippen LogP contribution is 2.52. The Morgan fingerprint density at radius 2 is 1.61 bits per heavy atom. The molecule has 0 saturated carbocycles. The topological polar surface area (TPSA) is 158 Å². The van der Waals surface area contributed by atoms with Gasteiger partial charge in [0, 0.05) is 23.4 Å². The molecule has 1 unspecified atom stereocenters. The lowest BCUT2D eigenvalue weighted by Crippen LogP contribution is -2.42. The van der Waals surface area contributed by atoms with E-state index in [1.807, 2.05) is 13.8 Å². The van der Waals surface area contributed by atoms with E-state index in [4.69, 9.17) is 25.1 Å². The van der Waals surface area contributed by atoms with Crippen molar-refractivity contribution in [1.29, 1.82) is 5.26 Å². The van der Waals surface area contributed by atoms with Gasteiger partial charge in [0.15, 0.2) is 17.3 Å². The number of primary sulfonamides is 1. The lowest BCUT2D eigenvalue weighted by Gasteiger charge is -2.43. The fourth-order valence-electron chi connectivity index (χ4n) is 5.19. The summed E-state index contributed by atoms with van der Waals surface area (Å²) in [5.74, 6) is 0.397. The quantitative estimate of drug-likeness (QED) is 0.563. The molecule has 1 heterocycles. The number of ketones is 1. The summed E-state index contributed by atoms with van der Waals surface area (Å²) in [5, 5.41) is 15.6. The molecule has 0 bridgehead atoms. The molecule has 0 spiro atoms. The first-order valence-electron chi connectivity index (χ1n) is 11.8. The van der Waals surface area contributed by atoms with Crippen LogP contribution in [-0.2, 0) is 14.8 Å². The number of hydrogen-bond acceptors (Lipinski definition) is 9. The zero-order chi connectivity index (χ0) is 28.0. The molecule has 0 fully saturated rings. The Labute approximate surface area is 222 Å². The second-order valence-corrected chi connectivity index (χ2v) is 11.5. The Hall–Kier alpha value is -4.01. The minimum atomic E-state index is -3.91. The normalized spacial score (nSPS) is 19.1. The van der Waals surface area contributed by atoms with Crippen LogP contribution in [-0.4, -0.2) is 35.5 Å². The third-order valence-corrected chi connectivity index (χ3v) is 7.75. The number of benzene rings is 2. The fourth-order valence-corrected chi connectivity index (χ4v) is 5.71. The highest BCUT2D eigenvalue weighted by atomic mass is 32.2. The Bertz CT molecular complexity index is 1490. The first kappa shape index (κ1) is 27.0. The first-order chi connectivity index (χ1) is 17.9. The highest BCUT2D eigenvalue weighted by Gasteiger charge is 2.45. The molecule has 4 N–H and O–H groups in total. The molecular weight excluding hydrogens is 508 g/mol. The van der Waals surface area contributed by atoms with Gasteiger partial charge in [0.25, 0.3) is 0 Å². The fraction of sp³-hybridized carbons (Fsp3) is 0.333. The molecule has 0 radical (unpaired) electrons. The van der Waals surface area contributed by atoms with E-state index in [9.17, 15) is 18.5 Å². The number of nitrogens with two attached hydrogens (primary N) is 2. The van der Waals surface area contributed by atoms with Crippen LogP contribution >= 0.6 is 0 Å². The number of carbonyl (C=O) groups is 1. The Balaban J connectivity index is 2.00. The summed E-state index contributed by atoms with van der Waals surface area (Å²) in [6.07, 6.45) is 0.773. The lowest BCUT2D eigenvalue weighted by atomic mass is 9.68. The Morgan fingerprint density at radius 3 is 2.08 bits per heavy atom. The monoisotopic (exact) mass is 538 g/mol. The molecule has 1 aliphatic carbocycles. The zero-order valence-corrected chi connectivity index (χ0v) is 22.7. The predicted octanol–water partition coefficient (Wildman–Crippen LogP) is 3.30. The lowest BCUT2D eigenvalue weighted by molar-refractivity contribution is -0.118. The number of allylic oxidation sites excluding steroid dienone is 3. The number of hydrogen-bond donors (Lipinski definition) is 2. The number of nitrogens with zero attached hydrogens (tertiary/aromatic N) is 2. The molecule has 10 nitrogen and oxygen atoms in total. The molecule has 0 amide bonds. The summed E-state index contributed by atoms with van der Waals surface area (Å²) in [6.45, 7) is 3.98. The van der Waals surface area contributed by atoms with E-state index >= 15 is 0 Å². The van der Waals surface area contributed by atoms with Gasteiger partial charge in [0.05, 0.1) is 43.8 Å². The third kappa shape index (κ3) is 4.57. The van der Waals surface area contributed by atoms with Crippen LogP contribution in [0.1, 0.15) is 38.2 Å². The van der Waals surface area contributed by atoms with Gasteiger partial charge in [-0.05, 0) is 53.8 Å². The summed E-state index contributed by atoms with van der Waals surface area (Å²) < 4.78 is 40.1. The molecule has 0 saturated heterocycles. The summed E-state index contributed by atoms with van der Waals surface area (Å²) in [6, 6.07) is 11.5. The van der Waals surface area contributed by atoms with Crippen LogP contribution in [0.2, 0.25) is 0 Å². The predicted molar refractivity (Wildman–Crippen MR) is 141 cm³/mol. The first-order valence-corrected chi connectivity index (χ1v) is 13.3. The number of Topliss-reactive ketones (excluding diaryl/α,β-unsaturated/α-hetero) is 1. The summed E-state index contributed by atoms with van der Waals surface area (Å²) in [5.41, 5.74) is 8.63. The number of nitriles is 1. The van der Waals surface area contributed by atoms with Gasteiger partial charge in [-0.2, -0.15) is 5.26 Å². The molecule has 2 aromatic carbocycles. The van der Waals surface area contributed by atoms with Crippen LogP contribution in [0.5, 0.6) is 17.2 Å². The van der Waals surface area contributed by atoms with Crippen molar-refractivity contribution in [2.75, 3.05) is 26.2 Å². The van der Waals surface area contributed by atoms with E-state index in [-0.39, 0.29) is 33.9 Å². The molecule has 2 aliphatic rings. The maximum absolute atomic E-state index is 13.8. The summed E-state index contributed by atoms with van der Waals surface area (Å²) >= 11 is 0. The Morgan fingerprint density at radius 1 is 1.03 bits per heavy atom. The van der Waals surface area contributed by atoms with Crippen LogP contribution < -0.4 is 30.0 Å². The van der Waals surface area contributed by atoms with Gasteiger partial charge in [-0.15, -0.1) is 0 Å². The van der Waals surface area contributed by atoms with Crippen molar-refractivity contribution in [3.05, 3.63) is 64.6 Å². The van der Waals surface area contributed by atoms with E-state index in [0.29, 0.717) is 46.2 Å². The number of rotatable bonds is 6. The SMILES string of the molecule is COc1cc(C2C(C#N)=C(N)N(c3ccc(S(N)(=O)=O)cc3)C3=C2C(=O)CC(C)(C)C3)cc(OC)c1OC. The minimum absolute atomic E-state index is 0.0640. The average Bonchev–Trinajstić information content (AvgIpc) is 2.86. The van der Waals surface area contributed by atoms with Crippen molar-refractivity contribution in [2.24, 2.45) is 16.3 Å². The molecule has 4 rings (SSSR count). The van der Waals surface area contributed by atoms with Gasteiger partial charge in [-0.3, -0.25) is 9.69 Å². The summed E-state index contributed by atoms with van der Waals surface area (Å²) in [4.78, 5) is 15.3. The van der Waals surface area contributed by atoms with Gasteiger partial charge < -0.3 is 19.9 Å². The van der Waals surface area contributed by atoms with Crippen LogP contribution in [0, 0.1) is 16.7 Å². The van der Waals surface area contributed by atoms with E-state index in [1.54, 1.807) is 29.2 Å².